The fraction of sp³-hybridized carbons (Fsp3) is 0.684. The maximum absolute atomic E-state index is 5.31. The van der Waals surface area contributed by atoms with Crippen LogP contribution < -0.4 is 10.1 Å². The number of ether oxygens (including phenoxy) is 1. The van der Waals surface area contributed by atoms with Crippen molar-refractivity contribution in [3.05, 3.63) is 29.8 Å². The van der Waals surface area contributed by atoms with Crippen LogP contribution in [0.5, 0.6) is 5.75 Å². The minimum atomic E-state index is 0.440. The third kappa shape index (κ3) is 3.64. The highest BCUT2D eigenvalue weighted by Gasteiger charge is 2.33. The molecule has 0 aromatic heterocycles. The fourth-order valence-electron chi connectivity index (χ4n) is 4.05. The number of benzene rings is 1. The van der Waals surface area contributed by atoms with Gasteiger partial charge in [0.2, 0.25) is 0 Å². The van der Waals surface area contributed by atoms with E-state index in [9.17, 15) is 0 Å². The highest BCUT2D eigenvalue weighted by Crippen LogP contribution is 2.35. The Labute approximate surface area is 135 Å². The first-order chi connectivity index (χ1) is 10.7. The van der Waals surface area contributed by atoms with Crippen LogP contribution in [0.15, 0.2) is 24.3 Å². The van der Waals surface area contributed by atoms with Crippen molar-refractivity contribution in [3.8, 4) is 5.75 Å². The molecule has 0 radical (unpaired) electrons. The first-order valence-electron chi connectivity index (χ1n) is 8.79. The van der Waals surface area contributed by atoms with Gasteiger partial charge >= 0.3 is 0 Å². The summed E-state index contributed by atoms with van der Waals surface area (Å²) in [4.78, 5) is 2.75. The predicted molar refractivity (Wildman–Crippen MR) is 91.4 cm³/mol. The molecule has 0 amide bonds. The summed E-state index contributed by atoms with van der Waals surface area (Å²) >= 11 is 0. The van der Waals surface area contributed by atoms with Gasteiger partial charge in [-0.25, -0.2) is 0 Å². The van der Waals surface area contributed by atoms with E-state index in [4.69, 9.17) is 4.74 Å². The van der Waals surface area contributed by atoms with Gasteiger partial charge in [-0.15, -0.1) is 0 Å². The molecule has 3 rings (SSSR count). The van der Waals surface area contributed by atoms with E-state index < -0.39 is 0 Å². The Kier molecular flexibility index (Phi) is 5.04. The number of nitrogens with one attached hydrogen (secondary N) is 1. The van der Waals surface area contributed by atoms with Gasteiger partial charge in [0, 0.05) is 19.1 Å². The molecular formula is C19H30N2O. The first kappa shape index (κ1) is 15.8. The Hall–Kier alpha value is -1.06. The zero-order valence-corrected chi connectivity index (χ0v) is 14.1. The molecule has 0 spiro atoms. The lowest BCUT2D eigenvalue weighted by Crippen LogP contribution is -2.39. The maximum Gasteiger partial charge on any atom is 0.118 e. The van der Waals surface area contributed by atoms with Crippen molar-refractivity contribution in [2.45, 2.75) is 45.1 Å². The zero-order valence-electron chi connectivity index (χ0n) is 14.1. The van der Waals surface area contributed by atoms with E-state index in [0.29, 0.717) is 11.5 Å². The summed E-state index contributed by atoms with van der Waals surface area (Å²) in [7, 11) is 1.74. The number of hydrogen-bond donors (Lipinski definition) is 1. The summed E-state index contributed by atoms with van der Waals surface area (Å²) in [6.07, 6.45) is 6.66. The van der Waals surface area contributed by atoms with Gasteiger partial charge in [0.15, 0.2) is 0 Å². The summed E-state index contributed by atoms with van der Waals surface area (Å²) in [5.74, 6) is 0.955. The predicted octanol–water partition coefficient (Wildman–Crippen LogP) is 3.61. The minimum Gasteiger partial charge on any atom is -0.497 e. The van der Waals surface area contributed by atoms with E-state index >= 15 is 0 Å². The molecule has 122 valence electrons. The summed E-state index contributed by atoms with van der Waals surface area (Å²) in [6.45, 7) is 7.25. The molecule has 2 fully saturated rings. The van der Waals surface area contributed by atoms with E-state index in [0.717, 1.165) is 5.75 Å². The molecule has 2 aliphatic rings. The van der Waals surface area contributed by atoms with E-state index in [1.165, 1.54) is 63.8 Å². The van der Waals surface area contributed by atoms with Crippen molar-refractivity contribution in [1.82, 2.24) is 10.2 Å². The van der Waals surface area contributed by atoms with Crippen LogP contribution in [0, 0.1) is 5.41 Å². The second kappa shape index (κ2) is 7.01. The lowest BCUT2D eigenvalue weighted by Gasteiger charge is -2.37. The smallest absolute Gasteiger partial charge is 0.118 e. The molecule has 1 aromatic rings. The fourth-order valence-corrected chi connectivity index (χ4v) is 4.05. The summed E-state index contributed by atoms with van der Waals surface area (Å²) < 4.78 is 5.31. The van der Waals surface area contributed by atoms with Crippen molar-refractivity contribution < 1.29 is 4.74 Å². The Bertz CT molecular complexity index is 465. The highest BCUT2D eigenvalue weighted by atomic mass is 16.5. The van der Waals surface area contributed by atoms with E-state index in [1.54, 1.807) is 7.11 Å². The molecule has 0 aliphatic carbocycles. The molecule has 1 N–H and O–H groups in total. The number of hydrogen-bond acceptors (Lipinski definition) is 3. The van der Waals surface area contributed by atoms with Crippen molar-refractivity contribution >= 4 is 0 Å². The standard InChI is InChI=1S/C19H30N2O/c1-19(11-12-20-14-19)15-21-13-5-3-4-6-18(21)16-7-9-17(22-2)10-8-16/h7-10,18,20H,3-6,11-15H2,1-2H3. The number of likely N-dealkylation sites (tertiary alicyclic amines) is 1. The molecule has 1 aromatic carbocycles. The van der Waals surface area contributed by atoms with Gasteiger partial charge in [-0.3, -0.25) is 4.90 Å². The monoisotopic (exact) mass is 302 g/mol. The van der Waals surface area contributed by atoms with Gasteiger partial charge in [0.1, 0.15) is 5.75 Å². The summed E-state index contributed by atoms with van der Waals surface area (Å²) in [5.41, 5.74) is 1.90. The van der Waals surface area contributed by atoms with E-state index in [-0.39, 0.29) is 0 Å². The van der Waals surface area contributed by atoms with Crippen molar-refractivity contribution in [2.75, 3.05) is 33.3 Å². The molecule has 3 nitrogen and oxygen atoms in total. The van der Waals surface area contributed by atoms with Crippen LogP contribution in [0.1, 0.15) is 50.6 Å². The number of methoxy groups -OCH3 is 1. The number of rotatable bonds is 4. The van der Waals surface area contributed by atoms with Crippen molar-refractivity contribution in [1.29, 1.82) is 0 Å². The Morgan fingerprint density at radius 2 is 2.05 bits per heavy atom. The number of nitrogens with zero attached hydrogens (tertiary/aromatic N) is 1. The normalized spacial score (nSPS) is 30.2. The maximum atomic E-state index is 5.31. The Morgan fingerprint density at radius 1 is 1.23 bits per heavy atom. The topological polar surface area (TPSA) is 24.5 Å². The van der Waals surface area contributed by atoms with Crippen LogP contribution in [-0.2, 0) is 0 Å². The first-order valence-corrected chi connectivity index (χ1v) is 8.79. The molecule has 3 heteroatoms. The van der Waals surface area contributed by atoms with Gasteiger partial charge in [0.05, 0.1) is 7.11 Å². The average Bonchev–Trinajstić information content (AvgIpc) is 2.83. The van der Waals surface area contributed by atoms with Gasteiger partial charge in [0.25, 0.3) is 0 Å². The average molecular weight is 302 g/mol. The SMILES string of the molecule is COc1ccc(C2CCCCCN2CC2(C)CCNC2)cc1. The third-order valence-corrected chi connectivity index (χ3v) is 5.41. The van der Waals surface area contributed by atoms with Crippen LogP contribution in [-0.4, -0.2) is 38.2 Å². The molecule has 2 aliphatic heterocycles. The van der Waals surface area contributed by atoms with Gasteiger partial charge in [-0.1, -0.05) is 31.9 Å². The largest absolute Gasteiger partial charge is 0.497 e. The second-order valence-electron chi connectivity index (χ2n) is 7.35. The van der Waals surface area contributed by atoms with Gasteiger partial charge < -0.3 is 10.1 Å². The molecule has 2 unspecified atom stereocenters. The highest BCUT2D eigenvalue weighted by molar-refractivity contribution is 5.29. The third-order valence-electron chi connectivity index (χ3n) is 5.41. The van der Waals surface area contributed by atoms with Crippen LogP contribution in [0.4, 0.5) is 0 Å². The van der Waals surface area contributed by atoms with Crippen LogP contribution in [0.2, 0.25) is 0 Å². The molecule has 0 saturated carbocycles. The van der Waals surface area contributed by atoms with Crippen LogP contribution in [0.25, 0.3) is 0 Å². The summed E-state index contributed by atoms with van der Waals surface area (Å²) in [5, 5.41) is 3.54. The molecular weight excluding hydrogens is 272 g/mol. The molecule has 22 heavy (non-hydrogen) atoms. The van der Waals surface area contributed by atoms with Crippen LogP contribution >= 0.6 is 0 Å². The minimum absolute atomic E-state index is 0.440. The van der Waals surface area contributed by atoms with Gasteiger partial charge in [-0.05, 0) is 55.5 Å². The molecule has 0 bridgehead atoms. The molecule has 2 atom stereocenters. The summed E-state index contributed by atoms with van der Waals surface area (Å²) in [6, 6.07) is 9.31. The van der Waals surface area contributed by atoms with Gasteiger partial charge in [-0.2, -0.15) is 0 Å². The Balaban J connectivity index is 1.77. The van der Waals surface area contributed by atoms with Crippen molar-refractivity contribution in [3.63, 3.8) is 0 Å². The molecule has 2 heterocycles. The Morgan fingerprint density at radius 3 is 2.73 bits per heavy atom. The lowest BCUT2D eigenvalue weighted by molar-refractivity contribution is 0.131. The van der Waals surface area contributed by atoms with Crippen LogP contribution in [0.3, 0.4) is 0 Å². The quantitative estimate of drug-likeness (QED) is 0.919. The molecule has 2 saturated heterocycles. The van der Waals surface area contributed by atoms with E-state index in [1.807, 2.05) is 0 Å². The van der Waals surface area contributed by atoms with Crippen molar-refractivity contribution in [2.24, 2.45) is 5.41 Å². The second-order valence-corrected chi connectivity index (χ2v) is 7.35. The lowest BCUT2D eigenvalue weighted by atomic mass is 9.88. The zero-order chi connectivity index (χ0) is 15.4. The van der Waals surface area contributed by atoms with E-state index in [2.05, 4.69) is 41.4 Å².